The van der Waals surface area contributed by atoms with E-state index in [1.54, 1.807) is 6.92 Å². The number of pyridine rings is 1. The molecular formula is C19H23Cl2CoN2O+. The predicted molar refractivity (Wildman–Crippen MR) is 102 cm³/mol. The molecule has 1 aromatic heterocycles. The Morgan fingerprint density at radius 2 is 1.52 bits per heavy atom. The van der Waals surface area contributed by atoms with Crippen molar-refractivity contribution in [2.24, 2.45) is 12.0 Å². The summed E-state index contributed by atoms with van der Waals surface area (Å²) in [5.41, 5.74) is 7.13. The van der Waals surface area contributed by atoms with Crippen molar-refractivity contribution in [2.45, 2.75) is 34.6 Å². The van der Waals surface area contributed by atoms with Crippen molar-refractivity contribution < 1.29 is 22.3 Å². The van der Waals surface area contributed by atoms with Gasteiger partial charge in [-0.25, -0.2) is 4.99 Å². The summed E-state index contributed by atoms with van der Waals surface area (Å²) in [7, 11) is 11.4. The monoisotopic (exact) mass is 424 g/mol. The molecule has 0 atom stereocenters. The minimum atomic E-state index is 0.0554. The average Bonchev–Trinajstić information content (AvgIpc) is 2.51. The van der Waals surface area contributed by atoms with Gasteiger partial charge in [-0.05, 0) is 44.9 Å². The zero-order chi connectivity index (χ0) is 19.1. The van der Waals surface area contributed by atoms with Crippen LogP contribution in [-0.4, -0.2) is 11.5 Å². The number of hydrogen-bond donors (Lipinski definition) is 0. The van der Waals surface area contributed by atoms with E-state index in [-0.39, 0.29) is 5.78 Å². The Labute approximate surface area is 164 Å². The number of ketones is 1. The molecule has 2 rings (SSSR count). The van der Waals surface area contributed by atoms with Crippen LogP contribution in [0.25, 0.3) is 0 Å². The molecular weight excluding hydrogens is 402 g/mol. The Balaban J connectivity index is 0.000000970. The molecule has 0 aliphatic carbocycles. The van der Waals surface area contributed by atoms with Gasteiger partial charge in [-0.3, -0.25) is 4.79 Å². The number of aromatic nitrogens is 1. The van der Waals surface area contributed by atoms with Crippen LogP contribution in [0.1, 0.15) is 46.7 Å². The number of aliphatic imine (C=N–C) groups is 1. The van der Waals surface area contributed by atoms with E-state index in [2.05, 4.69) is 32.9 Å². The minimum absolute atomic E-state index is 0.0554. The van der Waals surface area contributed by atoms with Gasteiger partial charge in [0.1, 0.15) is 12.8 Å². The molecule has 0 N–H and O–H groups in total. The number of hydrogen-bond acceptors (Lipinski definition) is 2. The van der Waals surface area contributed by atoms with Crippen molar-refractivity contribution in [2.75, 3.05) is 0 Å². The third-order valence-electron chi connectivity index (χ3n) is 3.88. The molecule has 3 nitrogen and oxygen atoms in total. The standard InChI is InChI=1S/C19H23N2O.2ClH.Co/c1-12-10-13(2)19(14(3)11-12)20-15(4)17-8-7-9-18(16(5)22)21(17)6;;;/h7-11H,1-6H3;2*1H;/q+1;;;+2/p-2. The normalized spacial score (nSPS) is 11.1. The van der Waals surface area contributed by atoms with Crippen LogP contribution >= 0.6 is 20.3 Å². The molecule has 1 heterocycles. The van der Waals surface area contributed by atoms with E-state index in [1.807, 2.05) is 36.7 Å². The number of Topliss-reactive ketones (excluding diaryl/α,β-unsaturated/α-hetero) is 1. The van der Waals surface area contributed by atoms with Crippen molar-refractivity contribution in [1.82, 2.24) is 0 Å². The summed E-state index contributed by atoms with van der Waals surface area (Å²) in [5.74, 6) is 0.0554. The molecule has 0 amide bonds. The molecule has 137 valence electrons. The Morgan fingerprint density at radius 3 is 2.00 bits per heavy atom. The summed E-state index contributed by atoms with van der Waals surface area (Å²) in [5, 5.41) is 0. The Hall–Kier alpha value is -1.20. The van der Waals surface area contributed by atoms with Gasteiger partial charge in [0.2, 0.25) is 17.2 Å². The van der Waals surface area contributed by atoms with E-state index in [0.29, 0.717) is 18.6 Å². The van der Waals surface area contributed by atoms with Crippen molar-refractivity contribution in [3.8, 4) is 0 Å². The van der Waals surface area contributed by atoms with Gasteiger partial charge in [0, 0.05) is 19.1 Å². The van der Waals surface area contributed by atoms with Crippen LogP contribution in [0.3, 0.4) is 0 Å². The molecule has 25 heavy (non-hydrogen) atoms. The molecule has 0 fully saturated rings. The van der Waals surface area contributed by atoms with Crippen LogP contribution in [0.4, 0.5) is 5.69 Å². The molecule has 0 spiro atoms. The first kappa shape index (κ1) is 21.8. The fourth-order valence-corrected chi connectivity index (χ4v) is 2.87. The summed E-state index contributed by atoms with van der Waals surface area (Å²) in [4.78, 5) is 16.5. The summed E-state index contributed by atoms with van der Waals surface area (Å²) in [6, 6.07) is 10.0. The molecule has 1 aromatic carbocycles. The number of carbonyl (C=O) groups is 1. The van der Waals surface area contributed by atoms with Gasteiger partial charge < -0.3 is 0 Å². The fourth-order valence-electron chi connectivity index (χ4n) is 2.87. The molecule has 0 aliphatic rings. The van der Waals surface area contributed by atoms with Gasteiger partial charge in [0.15, 0.2) is 0 Å². The topological polar surface area (TPSA) is 33.3 Å². The van der Waals surface area contributed by atoms with Gasteiger partial charge in [0.05, 0.1) is 5.69 Å². The SMILES string of the molecule is CC(=O)c1cccc(C(C)=Nc2c(C)cc(C)cc2C)[n+]1C.[Cl][Co][Cl]. The first-order chi connectivity index (χ1) is 11.7. The van der Waals surface area contributed by atoms with Gasteiger partial charge >= 0.3 is 33.2 Å². The molecule has 0 aliphatic heterocycles. The summed E-state index contributed by atoms with van der Waals surface area (Å²) >= 11 is 0.382. The van der Waals surface area contributed by atoms with Crippen LogP contribution in [0.2, 0.25) is 0 Å². The molecule has 0 saturated heterocycles. The number of carbonyl (C=O) groups excluding carboxylic acids is 1. The fraction of sp³-hybridized carbons (Fsp3) is 0.316. The first-order valence-corrected chi connectivity index (χ1v) is 10.6. The number of halogens is 2. The van der Waals surface area contributed by atoms with E-state index in [0.717, 1.165) is 17.1 Å². The maximum absolute atomic E-state index is 11.7. The van der Waals surface area contributed by atoms with E-state index >= 15 is 0 Å². The van der Waals surface area contributed by atoms with Crippen LogP contribution in [-0.2, 0) is 19.9 Å². The van der Waals surface area contributed by atoms with Crippen molar-refractivity contribution in [1.29, 1.82) is 0 Å². The van der Waals surface area contributed by atoms with E-state index in [9.17, 15) is 4.79 Å². The molecule has 2 aromatic rings. The Morgan fingerprint density at radius 1 is 1.04 bits per heavy atom. The van der Waals surface area contributed by atoms with Crippen LogP contribution in [0, 0.1) is 20.8 Å². The number of aryl methyl sites for hydroxylation is 3. The molecule has 0 radical (unpaired) electrons. The Bertz CT molecular complexity index is 781. The summed E-state index contributed by atoms with van der Waals surface area (Å²) in [6.45, 7) is 9.82. The third kappa shape index (κ3) is 5.92. The van der Waals surface area contributed by atoms with E-state index in [1.165, 1.54) is 16.7 Å². The summed E-state index contributed by atoms with van der Waals surface area (Å²) in [6.07, 6.45) is 0. The zero-order valence-electron chi connectivity index (χ0n) is 15.3. The van der Waals surface area contributed by atoms with Crippen LogP contribution < -0.4 is 4.57 Å². The van der Waals surface area contributed by atoms with Crippen LogP contribution in [0.5, 0.6) is 0 Å². The molecule has 6 heteroatoms. The second-order valence-electron chi connectivity index (χ2n) is 5.90. The zero-order valence-corrected chi connectivity index (χ0v) is 17.8. The van der Waals surface area contributed by atoms with Crippen LogP contribution in [0.15, 0.2) is 35.3 Å². The van der Waals surface area contributed by atoms with Crippen molar-refractivity contribution in [3.63, 3.8) is 0 Å². The van der Waals surface area contributed by atoms with Gasteiger partial charge in [-0.1, -0.05) is 17.7 Å². The molecule has 0 saturated carbocycles. The van der Waals surface area contributed by atoms with Crippen molar-refractivity contribution in [3.05, 3.63) is 58.4 Å². The second kappa shape index (κ2) is 10.1. The maximum atomic E-state index is 11.7. The number of nitrogens with zero attached hydrogens (tertiary/aromatic N) is 2. The molecule has 0 unspecified atom stereocenters. The predicted octanol–water partition coefficient (Wildman–Crippen LogP) is 5.16. The molecule has 0 bridgehead atoms. The quantitative estimate of drug-likeness (QED) is 0.380. The van der Waals surface area contributed by atoms with E-state index < -0.39 is 0 Å². The van der Waals surface area contributed by atoms with Crippen molar-refractivity contribution >= 4 is 37.5 Å². The average molecular weight is 425 g/mol. The number of rotatable bonds is 3. The second-order valence-corrected chi connectivity index (χ2v) is 7.62. The van der Waals surface area contributed by atoms with E-state index in [4.69, 9.17) is 25.3 Å². The third-order valence-corrected chi connectivity index (χ3v) is 3.88. The van der Waals surface area contributed by atoms with Gasteiger partial charge in [-0.2, -0.15) is 4.57 Å². The van der Waals surface area contributed by atoms with Gasteiger partial charge in [0.25, 0.3) is 0 Å². The van der Waals surface area contributed by atoms with Gasteiger partial charge in [-0.15, -0.1) is 0 Å². The Kier molecular flexibility index (Phi) is 8.80. The summed E-state index contributed by atoms with van der Waals surface area (Å²) < 4.78 is 1.90. The first-order valence-electron chi connectivity index (χ1n) is 7.70. The number of benzene rings is 1.